The number of sulfone groups is 1. The molecule has 7 nitrogen and oxygen atoms in total. The molecule has 1 fully saturated rings. The van der Waals surface area contributed by atoms with Crippen LogP contribution in [-0.2, 0) is 20.2 Å². The fraction of sp³-hybridized carbons (Fsp3) is 0.462. The van der Waals surface area contributed by atoms with Crippen molar-refractivity contribution in [3.8, 4) is 0 Å². The van der Waals surface area contributed by atoms with Crippen molar-refractivity contribution >= 4 is 33.3 Å². The van der Waals surface area contributed by atoms with Crippen molar-refractivity contribution < 1.29 is 23.1 Å². The molecule has 3 rings (SSSR count). The lowest BCUT2D eigenvalue weighted by Crippen LogP contribution is -2.60. The van der Waals surface area contributed by atoms with Gasteiger partial charge in [-0.3, -0.25) is 9.59 Å². The first-order valence-corrected chi connectivity index (χ1v) is 13.8. The van der Waals surface area contributed by atoms with E-state index in [1.54, 1.807) is 17.0 Å². The van der Waals surface area contributed by atoms with Gasteiger partial charge in [0.25, 0.3) is 5.91 Å². The maximum atomic E-state index is 13.5. The molecule has 0 saturated carbocycles. The first-order chi connectivity index (χ1) is 16.2. The summed E-state index contributed by atoms with van der Waals surface area (Å²) in [6.45, 7) is 8.14. The van der Waals surface area contributed by atoms with Crippen LogP contribution in [0.4, 0.5) is 0 Å². The van der Waals surface area contributed by atoms with Crippen molar-refractivity contribution in [1.29, 1.82) is 0 Å². The van der Waals surface area contributed by atoms with Crippen molar-refractivity contribution in [3.63, 3.8) is 0 Å². The first-order valence-electron chi connectivity index (χ1n) is 11.5. The summed E-state index contributed by atoms with van der Waals surface area (Å²) in [7, 11) is -3.47. The highest BCUT2D eigenvalue weighted by molar-refractivity contribution is 7.90. The van der Waals surface area contributed by atoms with E-state index in [1.807, 2.05) is 39.8 Å². The minimum Gasteiger partial charge on any atom is -0.384 e. The summed E-state index contributed by atoms with van der Waals surface area (Å²) >= 11 is 6.01. The van der Waals surface area contributed by atoms with Gasteiger partial charge in [-0.1, -0.05) is 57.5 Å². The fourth-order valence-electron chi connectivity index (χ4n) is 4.57. The molecule has 0 aliphatic carbocycles. The van der Waals surface area contributed by atoms with Gasteiger partial charge in [0.1, 0.15) is 6.04 Å². The van der Waals surface area contributed by atoms with Crippen molar-refractivity contribution in [2.24, 2.45) is 11.3 Å². The number of piperidine rings is 1. The predicted molar refractivity (Wildman–Crippen MR) is 136 cm³/mol. The van der Waals surface area contributed by atoms with Crippen LogP contribution in [0.25, 0.3) is 0 Å². The number of nitrogens with zero attached hydrogens (tertiary/aromatic N) is 1. The summed E-state index contributed by atoms with van der Waals surface area (Å²) in [4.78, 5) is 28.2. The van der Waals surface area contributed by atoms with Gasteiger partial charge in [-0.2, -0.15) is 0 Å². The highest BCUT2D eigenvalue weighted by Crippen LogP contribution is 2.46. The molecule has 0 unspecified atom stereocenters. The van der Waals surface area contributed by atoms with E-state index in [-0.39, 0.29) is 22.3 Å². The summed E-state index contributed by atoms with van der Waals surface area (Å²) < 4.78 is 23.7. The first kappa shape index (κ1) is 27.2. The van der Waals surface area contributed by atoms with Crippen LogP contribution in [0.15, 0.2) is 53.4 Å². The maximum absolute atomic E-state index is 13.5. The Morgan fingerprint density at radius 2 is 1.74 bits per heavy atom. The second kappa shape index (κ2) is 9.91. The van der Waals surface area contributed by atoms with Crippen LogP contribution in [0.5, 0.6) is 0 Å². The van der Waals surface area contributed by atoms with Crippen molar-refractivity contribution in [2.75, 3.05) is 19.3 Å². The van der Waals surface area contributed by atoms with Gasteiger partial charge in [-0.15, -0.1) is 0 Å². The Labute approximate surface area is 212 Å². The summed E-state index contributed by atoms with van der Waals surface area (Å²) in [5.41, 5.74) is -0.887. The molecule has 0 radical (unpaired) electrons. The van der Waals surface area contributed by atoms with E-state index in [9.17, 15) is 23.1 Å². The number of likely N-dealkylation sites (tertiary alicyclic amines) is 1. The summed E-state index contributed by atoms with van der Waals surface area (Å²) in [5, 5.41) is 15.0. The molecule has 0 bridgehead atoms. The lowest BCUT2D eigenvalue weighted by atomic mass is 9.66. The molecule has 1 aliphatic rings. The fourth-order valence-corrected chi connectivity index (χ4v) is 5.37. The summed E-state index contributed by atoms with van der Waals surface area (Å²) in [6, 6.07) is 12.0. The Morgan fingerprint density at radius 3 is 2.29 bits per heavy atom. The van der Waals surface area contributed by atoms with Gasteiger partial charge in [0.05, 0.1) is 10.5 Å². The number of carbonyl (C=O) groups is 2. The van der Waals surface area contributed by atoms with Gasteiger partial charge in [0, 0.05) is 35.3 Å². The molecule has 0 spiro atoms. The number of hydrogen-bond acceptors (Lipinski definition) is 5. The number of aliphatic hydroxyl groups is 1. The molecular formula is C26H33ClN2O5S. The normalized spacial score (nSPS) is 21.0. The van der Waals surface area contributed by atoms with Gasteiger partial charge < -0.3 is 15.3 Å². The molecule has 1 saturated heterocycles. The Balaban J connectivity index is 1.79. The molecule has 1 aliphatic heterocycles. The number of benzene rings is 2. The van der Waals surface area contributed by atoms with Crippen LogP contribution in [-0.4, -0.2) is 55.6 Å². The third-order valence-corrected chi connectivity index (χ3v) is 8.19. The van der Waals surface area contributed by atoms with E-state index in [1.165, 1.54) is 24.3 Å². The number of hydrogen-bond donors (Lipinski definition) is 2. The zero-order valence-corrected chi connectivity index (χ0v) is 22.3. The average Bonchev–Trinajstić information content (AvgIpc) is 2.78. The molecule has 0 aromatic heterocycles. The largest absolute Gasteiger partial charge is 0.384 e. The van der Waals surface area contributed by atoms with E-state index in [4.69, 9.17) is 11.6 Å². The van der Waals surface area contributed by atoms with Gasteiger partial charge >= 0.3 is 0 Å². The second-order valence-corrected chi connectivity index (χ2v) is 12.7. The molecule has 1 heterocycles. The number of nitrogens with one attached hydrogen (secondary N) is 1. The predicted octanol–water partition coefficient (Wildman–Crippen LogP) is 3.64. The van der Waals surface area contributed by atoms with Crippen molar-refractivity contribution in [1.82, 2.24) is 10.2 Å². The van der Waals surface area contributed by atoms with Gasteiger partial charge in [0.2, 0.25) is 5.91 Å². The summed E-state index contributed by atoms with van der Waals surface area (Å²) in [6.07, 6.45) is 1.41. The lowest BCUT2D eigenvalue weighted by Gasteiger charge is -2.51. The van der Waals surface area contributed by atoms with Crippen molar-refractivity contribution in [3.05, 3.63) is 64.7 Å². The molecule has 190 valence electrons. The smallest absolute Gasteiger partial charge is 0.251 e. The van der Waals surface area contributed by atoms with E-state index >= 15 is 0 Å². The van der Waals surface area contributed by atoms with Gasteiger partial charge in [-0.05, 0) is 48.2 Å². The Morgan fingerprint density at radius 1 is 1.11 bits per heavy atom. The molecule has 2 aromatic carbocycles. The maximum Gasteiger partial charge on any atom is 0.251 e. The highest BCUT2D eigenvalue weighted by Gasteiger charge is 2.50. The molecular weight excluding hydrogens is 488 g/mol. The molecule has 9 heteroatoms. The van der Waals surface area contributed by atoms with E-state index in [0.717, 1.165) is 11.8 Å². The van der Waals surface area contributed by atoms with Crippen molar-refractivity contribution in [2.45, 2.75) is 50.7 Å². The molecule has 35 heavy (non-hydrogen) atoms. The number of rotatable bonds is 6. The number of carbonyl (C=O) groups excluding carboxylic acids is 2. The zero-order chi connectivity index (χ0) is 26.2. The van der Waals surface area contributed by atoms with Crippen LogP contribution in [0.3, 0.4) is 0 Å². The molecule has 2 atom stereocenters. The van der Waals surface area contributed by atoms with Gasteiger partial charge in [-0.25, -0.2) is 8.42 Å². The van der Waals surface area contributed by atoms with Crippen LogP contribution >= 0.6 is 11.6 Å². The SMILES string of the molecule is CC(C)[C@@H](NC(=O)c1cccc(S(C)(=O)=O)c1)C(=O)N1CC[C@](O)(c2ccc(Cl)cc2)C(C)(C)C1. The van der Waals surface area contributed by atoms with E-state index in [0.29, 0.717) is 24.5 Å². The monoisotopic (exact) mass is 520 g/mol. The van der Waals surface area contributed by atoms with Crippen LogP contribution in [0, 0.1) is 11.3 Å². The standard InChI is InChI=1S/C26H33ClN2O5S/c1-17(2)22(28-23(30)18-7-6-8-21(15-18)35(5,33)34)24(31)29-14-13-26(32,25(3,4)16-29)19-9-11-20(27)12-10-19/h6-12,15,17,22,32H,13-14,16H2,1-5H3,(H,28,30)/t22-,26+/m1/s1. The average molecular weight is 521 g/mol. The molecule has 2 aromatic rings. The van der Waals surface area contributed by atoms with Gasteiger partial charge in [0.15, 0.2) is 9.84 Å². The summed E-state index contributed by atoms with van der Waals surface area (Å²) in [5.74, 6) is -0.958. The van der Waals surface area contributed by atoms with E-state index < -0.39 is 32.8 Å². The second-order valence-electron chi connectivity index (χ2n) is 10.3. The van der Waals surface area contributed by atoms with Crippen LogP contribution in [0.1, 0.15) is 50.0 Å². The lowest BCUT2D eigenvalue weighted by molar-refractivity contribution is -0.155. The number of amides is 2. The Kier molecular flexibility index (Phi) is 7.70. The molecule has 2 N–H and O–H groups in total. The number of halogens is 1. The molecule has 2 amide bonds. The third-order valence-electron chi connectivity index (χ3n) is 6.83. The van der Waals surface area contributed by atoms with E-state index in [2.05, 4.69) is 5.32 Å². The zero-order valence-electron chi connectivity index (χ0n) is 20.7. The minimum absolute atomic E-state index is 0.0387. The highest BCUT2D eigenvalue weighted by atomic mass is 35.5. The topological polar surface area (TPSA) is 104 Å². The third kappa shape index (κ3) is 5.71. The van der Waals surface area contributed by atoms with Crippen LogP contribution in [0.2, 0.25) is 5.02 Å². The minimum atomic E-state index is -3.47. The quantitative estimate of drug-likeness (QED) is 0.605. The Bertz CT molecular complexity index is 1210. The van der Waals surface area contributed by atoms with Crippen LogP contribution < -0.4 is 5.32 Å². The Hall–Kier alpha value is -2.42.